The second-order valence-corrected chi connectivity index (χ2v) is 8.42. The molecule has 2 aliphatic carbocycles. The molecule has 0 N–H and O–H groups in total. The third-order valence-corrected chi connectivity index (χ3v) is 7.08. The predicted octanol–water partition coefficient (Wildman–Crippen LogP) is 6.73. The lowest BCUT2D eigenvalue weighted by atomic mass is 9.83. The zero-order valence-electron chi connectivity index (χ0n) is 14.8. The fourth-order valence-electron chi connectivity index (χ4n) is 4.91. The highest BCUT2D eigenvalue weighted by Gasteiger charge is 2.48. The maximum absolute atomic E-state index is 7.36. The number of fused-ring (bicyclic) bond motifs is 1. The van der Waals surface area contributed by atoms with Gasteiger partial charge in [-0.2, -0.15) is 0 Å². The molecule has 2 saturated carbocycles. The molecule has 0 spiro atoms. The van der Waals surface area contributed by atoms with Gasteiger partial charge in [0.05, 0.1) is 0 Å². The SMILES string of the molecule is ClC(c1ccccc1)(c1ccccc1)c1ccc(C2CCC3CC32)cc1. The van der Waals surface area contributed by atoms with Crippen molar-refractivity contribution < 1.29 is 0 Å². The summed E-state index contributed by atoms with van der Waals surface area (Å²) in [5.41, 5.74) is 4.87. The summed E-state index contributed by atoms with van der Waals surface area (Å²) < 4.78 is 0. The van der Waals surface area contributed by atoms with Crippen LogP contribution < -0.4 is 0 Å². The fraction of sp³-hybridized carbons (Fsp3) is 0.280. The van der Waals surface area contributed by atoms with Crippen molar-refractivity contribution in [1.82, 2.24) is 0 Å². The van der Waals surface area contributed by atoms with E-state index < -0.39 is 4.87 Å². The molecule has 3 atom stereocenters. The molecule has 0 bridgehead atoms. The quantitative estimate of drug-likeness (QED) is 0.358. The van der Waals surface area contributed by atoms with E-state index >= 15 is 0 Å². The molecule has 3 aromatic carbocycles. The monoisotopic (exact) mass is 358 g/mol. The summed E-state index contributed by atoms with van der Waals surface area (Å²) in [7, 11) is 0. The number of hydrogen-bond donors (Lipinski definition) is 0. The second kappa shape index (κ2) is 6.28. The first-order valence-electron chi connectivity index (χ1n) is 9.67. The standard InChI is InChI=1S/C25H23Cl/c26-25(20-7-3-1-4-8-20,21-9-5-2-6-10-21)22-14-11-18(12-15-22)23-16-13-19-17-24(19)23/h1-12,14-15,19,23-24H,13,16-17H2. The predicted molar refractivity (Wildman–Crippen MR) is 109 cm³/mol. The Morgan fingerprint density at radius 2 is 1.19 bits per heavy atom. The molecule has 1 heteroatoms. The van der Waals surface area contributed by atoms with Crippen LogP contribution in [0, 0.1) is 11.8 Å². The molecule has 0 aliphatic heterocycles. The van der Waals surface area contributed by atoms with Crippen molar-refractivity contribution in [3.63, 3.8) is 0 Å². The van der Waals surface area contributed by atoms with Gasteiger partial charge in [0.25, 0.3) is 0 Å². The first-order chi connectivity index (χ1) is 12.8. The smallest absolute Gasteiger partial charge is 0.104 e. The van der Waals surface area contributed by atoms with E-state index in [1.165, 1.54) is 24.8 Å². The molecular formula is C25H23Cl. The van der Waals surface area contributed by atoms with E-state index in [0.29, 0.717) is 0 Å². The van der Waals surface area contributed by atoms with E-state index in [-0.39, 0.29) is 0 Å². The Morgan fingerprint density at radius 1 is 0.654 bits per heavy atom. The normalized spacial score (nSPS) is 24.3. The summed E-state index contributed by atoms with van der Waals surface area (Å²) in [6, 6.07) is 30.0. The summed E-state index contributed by atoms with van der Waals surface area (Å²) in [5.74, 6) is 2.73. The topological polar surface area (TPSA) is 0 Å². The summed E-state index contributed by atoms with van der Waals surface area (Å²) in [4.78, 5) is -0.654. The van der Waals surface area contributed by atoms with Gasteiger partial charge in [-0.05, 0) is 59.3 Å². The molecule has 0 radical (unpaired) electrons. The average Bonchev–Trinajstić information content (AvgIpc) is 3.38. The largest absolute Gasteiger partial charge is 0.119 e. The molecule has 0 aromatic heterocycles. The Kier molecular flexibility index (Phi) is 3.90. The van der Waals surface area contributed by atoms with Crippen LogP contribution in [0.3, 0.4) is 0 Å². The average molecular weight is 359 g/mol. The van der Waals surface area contributed by atoms with Crippen LogP contribution in [0.25, 0.3) is 0 Å². The van der Waals surface area contributed by atoms with Gasteiger partial charge >= 0.3 is 0 Å². The minimum atomic E-state index is -0.654. The Morgan fingerprint density at radius 3 is 1.65 bits per heavy atom. The highest BCUT2D eigenvalue weighted by atomic mass is 35.5. The molecule has 2 aliphatic rings. The van der Waals surface area contributed by atoms with Crippen molar-refractivity contribution in [3.8, 4) is 0 Å². The molecular weight excluding hydrogens is 336 g/mol. The molecule has 0 amide bonds. The van der Waals surface area contributed by atoms with Gasteiger partial charge in [-0.15, -0.1) is 11.6 Å². The van der Waals surface area contributed by atoms with Gasteiger partial charge in [-0.25, -0.2) is 0 Å². The zero-order valence-corrected chi connectivity index (χ0v) is 15.6. The van der Waals surface area contributed by atoms with Crippen LogP contribution in [-0.4, -0.2) is 0 Å². The van der Waals surface area contributed by atoms with Crippen LogP contribution in [0.5, 0.6) is 0 Å². The number of halogens is 1. The van der Waals surface area contributed by atoms with E-state index in [4.69, 9.17) is 11.6 Å². The Labute approximate surface area is 160 Å². The number of benzene rings is 3. The first-order valence-corrected chi connectivity index (χ1v) is 10.0. The number of hydrogen-bond acceptors (Lipinski definition) is 0. The van der Waals surface area contributed by atoms with E-state index in [0.717, 1.165) is 34.4 Å². The maximum atomic E-state index is 7.36. The highest BCUT2D eigenvalue weighted by molar-refractivity contribution is 6.28. The molecule has 3 unspecified atom stereocenters. The Balaban J connectivity index is 1.57. The van der Waals surface area contributed by atoms with Crippen LogP contribution in [0.15, 0.2) is 84.9 Å². The van der Waals surface area contributed by atoms with Gasteiger partial charge in [0.2, 0.25) is 0 Å². The molecule has 0 nitrogen and oxygen atoms in total. The molecule has 3 aromatic rings. The minimum Gasteiger partial charge on any atom is -0.104 e. The molecule has 0 heterocycles. The minimum absolute atomic E-state index is 0.654. The molecule has 2 fully saturated rings. The van der Waals surface area contributed by atoms with E-state index in [1.807, 2.05) is 12.1 Å². The lowest BCUT2D eigenvalue weighted by molar-refractivity contribution is 0.625. The lowest BCUT2D eigenvalue weighted by Gasteiger charge is -2.29. The Hall–Kier alpha value is -2.05. The summed E-state index contributed by atoms with van der Waals surface area (Å²) in [5, 5.41) is 0. The molecule has 26 heavy (non-hydrogen) atoms. The van der Waals surface area contributed by atoms with Crippen molar-refractivity contribution in [1.29, 1.82) is 0 Å². The van der Waals surface area contributed by atoms with Crippen molar-refractivity contribution >= 4 is 11.6 Å². The van der Waals surface area contributed by atoms with Crippen molar-refractivity contribution in [3.05, 3.63) is 107 Å². The fourth-order valence-corrected chi connectivity index (χ4v) is 5.29. The second-order valence-electron chi connectivity index (χ2n) is 7.86. The summed E-state index contributed by atoms with van der Waals surface area (Å²) in [6.07, 6.45) is 4.22. The van der Waals surface area contributed by atoms with Gasteiger partial charge in [0.15, 0.2) is 0 Å². The van der Waals surface area contributed by atoms with E-state index in [9.17, 15) is 0 Å². The van der Waals surface area contributed by atoms with Gasteiger partial charge < -0.3 is 0 Å². The third kappa shape index (κ3) is 2.59. The van der Waals surface area contributed by atoms with Gasteiger partial charge in [-0.1, -0.05) is 84.9 Å². The lowest BCUT2D eigenvalue weighted by Crippen LogP contribution is -2.22. The number of rotatable bonds is 4. The van der Waals surface area contributed by atoms with Crippen molar-refractivity contribution in [2.24, 2.45) is 11.8 Å². The first kappa shape index (κ1) is 16.1. The van der Waals surface area contributed by atoms with Crippen molar-refractivity contribution in [2.45, 2.75) is 30.1 Å². The maximum Gasteiger partial charge on any atom is 0.119 e. The van der Waals surface area contributed by atoms with Gasteiger partial charge in [-0.3, -0.25) is 0 Å². The van der Waals surface area contributed by atoms with Crippen LogP contribution in [0.1, 0.15) is 47.4 Å². The molecule has 5 rings (SSSR count). The van der Waals surface area contributed by atoms with Crippen LogP contribution in [0.2, 0.25) is 0 Å². The number of alkyl halides is 1. The molecule has 130 valence electrons. The zero-order chi connectivity index (χ0) is 17.6. The van der Waals surface area contributed by atoms with Crippen molar-refractivity contribution in [2.75, 3.05) is 0 Å². The highest BCUT2D eigenvalue weighted by Crippen LogP contribution is 2.59. The van der Waals surface area contributed by atoms with E-state index in [2.05, 4.69) is 72.8 Å². The molecule has 0 saturated heterocycles. The van der Waals surface area contributed by atoms with Crippen LogP contribution in [0.4, 0.5) is 0 Å². The summed E-state index contributed by atoms with van der Waals surface area (Å²) >= 11 is 7.36. The van der Waals surface area contributed by atoms with Crippen LogP contribution in [-0.2, 0) is 4.87 Å². The van der Waals surface area contributed by atoms with Gasteiger partial charge in [0, 0.05) is 0 Å². The Bertz CT molecular complexity index is 843. The van der Waals surface area contributed by atoms with E-state index in [1.54, 1.807) is 0 Å². The third-order valence-electron chi connectivity index (χ3n) is 6.42. The van der Waals surface area contributed by atoms with Gasteiger partial charge in [0.1, 0.15) is 4.87 Å². The summed E-state index contributed by atoms with van der Waals surface area (Å²) in [6.45, 7) is 0. The van der Waals surface area contributed by atoms with Crippen LogP contribution >= 0.6 is 11.6 Å².